The molecule has 0 aliphatic rings. The quantitative estimate of drug-likeness (QED) is 0.886. The number of nitrogens with zero attached hydrogens (tertiary/aromatic N) is 1. The molecule has 1 aromatic heterocycles. The number of aromatic nitrogens is 1. The number of benzene rings is 1. The molecule has 0 radical (unpaired) electrons. The van der Waals surface area contributed by atoms with E-state index >= 15 is 0 Å². The van der Waals surface area contributed by atoms with E-state index in [9.17, 15) is 14.0 Å². The summed E-state index contributed by atoms with van der Waals surface area (Å²) in [7, 11) is 0. The number of aryl methyl sites for hydroxylation is 1. The highest BCUT2D eigenvalue weighted by atomic mass is 79.9. The highest BCUT2D eigenvalue weighted by molar-refractivity contribution is 9.10. The predicted molar refractivity (Wildman–Crippen MR) is 78.9 cm³/mol. The molecule has 110 valence electrons. The van der Waals surface area contributed by atoms with E-state index in [0.717, 1.165) is 0 Å². The van der Waals surface area contributed by atoms with Crippen molar-refractivity contribution < 1.29 is 19.1 Å². The average molecular weight is 355 g/mol. The maximum Gasteiger partial charge on any atom is 0.323 e. The van der Waals surface area contributed by atoms with Gasteiger partial charge in [-0.2, -0.15) is 0 Å². The summed E-state index contributed by atoms with van der Waals surface area (Å²) in [5.41, 5.74) is 1.22. The first-order valence-electron chi connectivity index (χ1n) is 6.02. The van der Waals surface area contributed by atoms with Gasteiger partial charge in [-0.25, -0.2) is 4.39 Å². The lowest BCUT2D eigenvalue weighted by molar-refractivity contribution is -0.137. The number of hydrogen-bond acceptors (Lipinski definition) is 2. The van der Waals surface area contributed by atoms with E-state index in [4.69, 9.17) is 5.11 Å². The summed E-state index contributed by atoms with van der Waals surface area (Å²) < 4.78 is 15.1. The van der Waals surface area contributed by atoms with E-state index in [-0.39, 0.29) is 12.2 Å². The largest absolute Gasteiger partial charge is 0.480 e. The average Bonchev–Trinajstić information content (AvgIpc) is 2.83. The summed E-state index contributed by atoms with van der Waals surface area (Å²) in [6.07, 6.45) is 1.50. The zero-order chi connectivity index (χ0) is 15.6. The Morgan fingerprint density at radius 1 is 1.43 bits per heavy atom. The highest BCUT2D eigenvalue weighted by Gasteiger charge is 2.14. The van der Waals surface area contributed by atoms with Gasteiger partial charge >= 0.3 is 5.97 Å². The second kappa shape index (κ2) is 6.09. The van der Waals surface area contributed by atoms with E-state index in [0.29, 0.717) is 15.7 Å². The molecule has 0 aliphatic heterocycles. The van der Waals surface area contributed by atoms with Crippen LogP contribution < -0.4 is 5.32 Å². The Labute approximate surface area is 128 Å². The third kappa shape index (κ3) is 3.49. The molecule has 0 atom stereocenters. The van der Waals surface area contributed by atoms with Gasteiger partial charge in [0, 0.05) is 11.9 Å². The Bertz CT molecular complexity index is 712. The lowest BCUT2D eigenvalue weighted by atomic mass is 10.2. The first kappa shape index (κ1) is 15.2. The van der Waals surface area contributed by atoms with Crippen LogP contribution in [0.25, 0.3) is 0 Å². The molecule has 2 rings (SSSR count). The summed E-state index contributed by atoms with van der Waals surface area (Å²) in [5, 5.41) is 11.4. The van der Waals surface area contributed by atoms with Crippen molar-refractivity contribution in [1.82, 2.24) is 4.57 Å². The van der Waals surface area contributed by atoms with E-state index in [1.54, 1.807) is 19.1 Å². The van der Waals surface area contributed by atoms with Crippen LogP contribution in [0, 0.1) is 12.7 Å². The van der Waals surface area contributed by atoms with Crippen LogP contribution in [0.15, 0.2) is 34.9 Å². The van der Waals surface area contributed by atoms with Crippen LogP contribution >= 0.6 is 15.9 Å². The minimum atomic E-state index is -1.05. The van der Waals surface area contributed by atoms with Gasteiger partial charge in [-0.3, -0.25) is 9.59 Å². The zero-order valence-electron chi connectivity index (χ0n) is 11.1. The van der Waals surface area contributed by atoms with Crippen LogP contribution in [0.4, 0.5) is 10.1 Å². The molecule has 0 saturated heterocycles. The number of halogens is 2. The standard InChI is InChI=1S/C14H12BrFN2O3/c1-8-5-9(15)10(16)6-11(8)17-14(21)12-3-2-4-18(12)7-13(19)20/h2-6H,7H2,1H3,(H,17,21)(H,19,20). The van der Waals surface area contributed by atoms with Gasteiger partial charge in [0.05, 0.1) is 4.47 Å². The van der Waals surface area contributed by atoms with Gasteiger partial charge in [-0.1, -0.05) is 0 Å². The SMILES string of the molecule is Cc1cc(Br)c(F)cc1NC(=O)c1cccn1CC(=O)O. The number of carboxylic acids is 1. The minimum Gasteiger partial charge on any atom is -0.480 e. The number of aliphatic carboxylic acids is 1. The molecule has 0 spiro atoms. The molecule has 0 saturated carbocycles. The Morgan fingerprint density at radius 3 is 2.81 bits per heavy atom. The molecular weight excluding hydrogens is 343 g/mol. The molecule has 1 aromatic carbocycles. The molecule has 0 fully saturated rings. The fourth-order valence-electron chi connectivity index (χ4n) is 1.87. The van der Waals surface area contributed by atoms with Crippen molar-refractivity contribution in [3.63, 3.8) is 0 Å². The van der Waals surface area contributed by atoms with Crippen molar-refractivity contribution in [1.29, 1.82) is 0 Å². The molecule has 1 amide bonds. The molecule has 1 heterocycles. The van der Waals surface area contributed by atoms with E-state index in [1.807, 2.05) is 0 Å². The monoisotopic (exact) mass is 354 g/mol. The normalized spacial score (nSPS) is 10.4. The molecule has 0 aliphatic carbocycles. The van der Waals surface area contributed by atoms with Gasteiger partial charge in [0.2, 0.25) is 0 Å². The van der Waals surface area contributed by atoms with Crippen LogP contribution in [-0.4, -0.2) is 21.6 Å². The lowest BCUT2D eigenvalue weighted by Gasteiger charge is -2.11. The molecule has 7 heteroatoms. The molecule has 0 unspecified atom stereocenters. The molecule has 2 N–H and O–H groups in total. The smallest absolute Gasteiger partial charge is 0.323 e. The van der Waals surface area contributed by atoms with Crippen molar-refractivity contribution in [2.75, 3.05) is 5.32 Å². The van der Waals surface area contributed by atoms with Crippen LogP contribution in [0.1, 0.15) is 16.1 Å². The van der Waals surface area contributed by atoms with Crippen LogP contribution in [-0.2, 0) is 11.3 Å². The number of amides is 1. The lowest BCUT2D eigenvalue weighted by Crippen LogP contribution is -2.19. The van der Waals surface area contributed by atoms with E-state index in [2.05, 4.69) is 21.2 Å². The second-order valence-electron chi connectivity index (χ2n) is 4.45. The van der Waals surface area contributed by atoms with Gasteiger partial charge in [0.15, 0.2) is 0 Å². The molecular formula is C14H12BrFN2O3. The van der Waals surface area contributed by atoms with Gasteiger partial charge in [-0.05, 0) is 52.7 Å². The topological polar surface area (TPSA) is 71.3 Å². The number of carbonyl (C=O) groups is 2. The minimum absolute atomic E-state index is 0.195. The highest BCUT2D eigenvalue weighted by Crippen LogP contribution is 2.24. The number of nitrogens with one attached hydrogen (secondary N) is 1. The Morgan fingerprint density at radius 2 is 2.14 bits per heavy atom. The van der Waals surface area contributed by atoms with Crippen molar-refractivity contribution in [2.24, 2.45) is 0 Å². The third-order valence-corrected chi connectivity index (χ3v) is 3.49. The summed E-state index contributed by atoms with van der Waals surface area (Å²) in [6, 6.07) is 5.85. The van der Waals surface area contributed by atoms with Crippen LogP contribution in [0.5, 0.6) is 0 Å². The molecule has 21 heavy (non-hydrogen) atoms. The maximum absolute atomic E-state index is 13.5. The zero-order valence-corrected chi connectivity index (χ0v) is 12.6. The first-order chi connectivity index (χ1) is 9.88. The number of carbonyl (C=O) groups excluding carboxylic acids is 1. The Hall–Kier alpha value is -2.15. The first-order valence-corrected chi connectivity index (χ1v) is 6.81. The van der Waals surface area contributed by atoms with Gasteiger partial charge < -0.3 is 15.0 Å². The molecule has 5 nitrogen and oxygen atoms in total. The van der Waals surface area contributed by atoms with Gasteiger partial charge in [0.25, 0.3) is 5.91 Å². The van der Waals surface area contributed by atoms with Crippen molar-refractivity contribution in [3.8, 4) is 0 Å². The molecule has 0 bridgehead atoms. The molecule has 2 aromatic rings. The third-order valence-electron chi connectivity index (χ3n) is 2.88. The Balaban J connectivity index is 2.25. The van der Waals surface area contributed by atoms with Crippen molar-refractivity contribution in [3.05, 3.63) is 52.0 Å². The summed E-state index contributed by atoms with van der Waals surface area (Å²) in [4.78, 5) is 22.9. The summed E-state index contributed by atoms with van der Waals surface area (Å²) >= 11 is 3.07. The fraction of sp³-hybridized carbons (Fsp3) is 0.143. The summed E-state index contributed by atoms with van der Waals surface area (Å²) in [6.45, 7) is 1.42. The summed E-state index contributed by atoms with van der Waals surface area (Å²) in [5.74, 6) is -2.03. The number of rotatable bonds is 4. The van der Waals surface area contributed by atoms with E-state index in [1.165, 1.54) is 22.9 Å². The fourth-order valence-corrected chi connectivity index (χ4v) is 2.33. The number of anilines is 1. The van der Waals surface area contributed by atoms with Crippen LogP contribution in [0.2, 0.25) is 0 Å². The Kier molecular flexibility index (Phi) is 4.42. The van der Waals surface area contributed by atoms with Gasteiger partial charge in [-0.15, -0.1) is 0 Å². The van der Waals surface area contributed by atoms with Crippen molar-refractivity contribution in [2.45, 2.75) is 13.5 Å². The predicted octanol–water partition coefficient (Wildman–Crippen LogP) is 3.04. The maximum atomic E-state index is 13.5. The number of hydrogen-bond donors (Lipinski definition) is 2. The number of carboxylic acid groups (broad SMARTS) is 1. The van der Waals surface area contributed by atoms with E-state index < -0.39 is 17.7 Å². The second-order valence-corrected chi connectivity index (χ2v) is 5.30. The van der Waals surface area contributed by atoms with Gasteiger partial charge in [0.1, 0.15) is 18.1 Å². The van der Waals surface area contributed by atoms with Crippen molar-refractivity contribution >= 4 is 33.5 Å². The van der Waals surface area contributed by atoms with Crippen LogP contribution in [0.3, 0.4) is 0 Å².